The quantitative estimate of drug-likeness (QED) is 0.783. The minimum Gasteiger partial charge on any atom is -0.494 e. The Morgan fingerprint density at radius 1 is 1.48 bits per heavy atom. The number of likely N-dealkylation sites (tertiary alicyclic amines) is 1. The maximum absolute atomic E-state index is 14.2. The van der Waals surface area contributed by atoms with Crippen LogP contribution in [0.15, 0.2) is 18.2 Å². The molecule has 0 radical (unpaired) electrons. The number of esters is 1. The van der Waals surface area contributed by atoms with Crippen molar-refractivity contribution in [3.63, 3.8) is 0 Å². The fourth-order valence-corrected chi connectivity index (χ4v) is 2.73. The fraction of sp³-hybridized carbons (Fsp3) is 0.562. The van der Waals surface area contributed by atoms with Crippen molar-refractivity contribution in [3.05, 3.63) is 29.6 Å². The zero-order chi connectivity index (χ0) is 15.2. The van der Waals surface area contributed by atoms with Crippen molar-refractivity contribution in [1.29, 1.82) is 0 Å². The van der Waals surface area contributed by atoms with E-state index in [0.29, 0.717) is 25.3 Å². The van der Waals surface area contributed by atoms with Gasteiger partial charge in [-0.05, 0) is 32.4 Å². The number of piperidine rings is 1. The number of hydrogen-bond acceptors (Lipinski definition) is 4. The summed E-state index contributed by atoms with van der Waals surface area (Å²) in [5, 5.41) is 0. The van der Waals surface area contributed by atoms with Gasteiger partial charge in [0.15, 0.2) is 11.6 Å². The molecule has 1 aliphatic heterocycles. The molecular weight excluding hydrogens is 273 g/mol. The number of methoxy groups -OCH3 is 1. The number of ether oxygens (including phenoxy) is 2. The largest absolute Gasteiger partial charge is 0.494 e. The Bertz CT molecular complexity index is 492. The molecule has 1 aliphatic rings. The summed E-state index contributed by atoms with van der Waals surface area (Å²) in [6, 6.07) is 5.15. The summed E-state index contributed by atoms with van der Waals surface area (Å²) in [4.78, 5) is 13.9. The number of halogens is 1. The summed E-state index contributed by atoms with van der Waals surface area (Å²) in [5.74, 6) is -0.314. The van der Waals surface area contributed by atoms with E-state index < -0.39 is 0 Å². The summed E-state index contributed by atoms with van der Waals surface area (Å²) >= 11 is 0. The molecule has 0 amide bonds. The molecule has 0 N–H and O–H groups in total. The van der Waals surface area contributed by atoms with Gasteiger partial charge in [-0.2, -0.15) is 0 Å². The summed E-state index contributed by atoms with van der Waals surface area (Å²) in [5.41, 5.74) is 0.596. The molecule has 0 spiro atoms. The summed E-state index contributed by atoms with van der Waals surface area (Å²) in [7, 11) is 1.46. The number of nitrogens with zero attached hydrogens (tertiary/aromatic N) is 1. The molecule has 0 bridgehead atoms. The van der Waals surface area contributed by atoms with Gasteiger partial charge in [0, 0.05) is 18.7 Å². The van der Waals surface area contributed by atoms with Crippen LogP contribution < -0.4 is 4.74 Å². The van der Waals surface area contributed by atoms with Crippen LogP contribution in [0.1, 0.15) is 25.3 Å². The molecule has 4 nitrogen and oxygen atoms in total. The normalized spacial score (nSPS) is 19.3. The smallest absolute Gasteiger partial charge is 0.310 e. The van der Waals surface area contributed by atoms with Gasteiger partial charge in [-0.25, -0.2) is 4.39 Å². The number of rotatable bonds is 5. The standard InChI is InChI=1S/C16H22FNO3/c1-3-21-16(19)13-7-5-9-18(11-13)10-12-6-4-8-14(20-2)15(12)17/h4,6,8,13H,3,5,7,9-11H2,1-2H3. The lowest BCUT2D eigenvalue weighted by atomic mass is 9.97. The van der Waals surface area contributed by atoms with Crippen LogP contribution in [0, 0.1) is 11.7 Å². The second-order valence-corrected chi connectivity index (χ2v) is 5.26. The monoisotopic (exact) mass is 295 g/mol. The van der Waals surface area contributed by atoms with Gasteiger partial charge in [0.1, 0.15) is 0 Å². The van der Waals surface area contributed by atoms with Crippen molar-refractivity contribution in [3.8, 4) is 5.75 Å². The van der Waals surface area contributed by atoms with Gasteiger partial charge in [-0.1, -0.05) is 12.1 Å². The van der Waals surface area contributed by atoms with E-state index in [4.69, 9.17) is 9.47 Å². The van der Waals surface area contributed by atoms with Gasteiger partial charge in [0.2, 0.25) is 0 Å². The van der Waals surface area contributed by atoms with Gasteiger partial charge in [-0.15, -0.1) is 0 Å². The molecule has 1 aromatic rings. The summed E-state index contributed by atoms with van der Waals surface area (Å²) in [6.45, 7) is 4.19. The molecule has 1 saturated heterocycles. The first-order chi connectivity index (χ1) is 10.2. The van der Waals surface area contributed by atoms with E-state index >= 15 is 0 Å². The maximum Gasteiger partial charge on any atom is 0.310 e. The Hall–Kier alpha value is -1.62. The van der Waals surface area contributed by atoms with Crippen LogP contribution >= 0.6 is 0 Å². The predicted molar refractivity (Wildman–Crippen MR) is 77.6 cm³/mol. The predicted octanol–water partition coefficient (Wildman–Crippen LogP) is 2.61. The van der Waals surface area contributed by atoms with Crippen molar-refractivity contribution in [2.45, 2.75) is 26.3 Å². The lowest BCUT2D eigenvalue weighted by molar-refractivity contribution is -0.150. The van der Waals surface area contributed by atoms with Crippen molar-refractivity contribution in [2.75, 3.05) is 26.8 Å². The highest BCUT2D eigenvalue weighted by Gasteiger charge is 2.27. The first kappa shape index (κ1) is 15.8. The Morgan fingerprint density at radius 2 is 2.29 bits per heavy atom. The molecule has 1 aromatic carbocycles. The van der Waals surface area contributed by atoms with Crippen molar-refractivity contribution < 1.29 is 18.7 Å². The third-order valence-electron chi connectivity index (χ3n) is 3.78. The van der Waals surface area contributed by atoms with Gasteiger partial charge >= 0.3 is 5.97 Å². The van der Waals surface area contributed by atoms with E-state index in [-0.39, 0.29) is 23.5 Å². The average Bonchev–Trinajstić information content (AvgIpc) is 2.50. The highest BCUT2D eigenvalue weighted by Crippen LogP contribution is 2.24. The molecule has 2 rings (SSSR count). The molecule has 5 heteroatoms. The molecule has 21 heavy (non-hydrogen) atoms. The zero-order valence-electron chi connectivity index (χ0n) is 12.6. The Labute approximate surface area is 124 Å². The third-order valence-corrected chi connectivity index (χ3v) is 3.78. The van der Waals surface area contributed by atoms with E-state index in [1.54, 1.807) is 18.2 Å². The van der Waals surface area contributed by atoms with Crippen LogP contribution in [-0.4, -0.2) is 37.7 Å². The Kier molecular flexibility index (Phi) is 5.56. The summed E-state index contributed by atoms with van der Waals surface area (Å²) < 4.78 is 24.2. The molecule has 1 atom stereocenters. The Morgan fingerprint density at radius 3 is 3.00 bits per heavy atom. The van der Waals surface area contributed by atoms with Crippen LogP contribution in [0.4, 0.5) is 4.39 Å². The van der Waals surface area contributed by atoms with Crippen molar-refractivity contribution in [2.24, 2.45) is 5.92 Å². The van der Waals surface area contributed by atoms with Crippen LogP contribution in [-0.2, 0) is 16.1 Å². The molecule has 0 aromatic heterocycles. The first-order valence-electron chi connectivity index (χ1n) is 7.36. The average molecular weight is 295 g/mol. The SMILES string of the molecule is CCOC(=O)C1CCCN(Cc2cccc(OC)c2F)C1. The van der Waals surface area contributed by atoms with Crippen LogP contribution in [0.2, 0.25) is 0 Å². The van der Waals surface area contributed by atoms with Crippen molar-refractivity contribution in [1.82, 2.24) is 4.90 Å². The molecule has 0 aliphatic carbocycles. The molecular formula is C16H22FNO3. The fourth-order valence-electron chi connectivity index (χ4n) is 2.73. The van der Waals surface area contributed by atoms with Gasteiger partial charge in [0.05, 0.1) is 19.6 Å². The van der Waals surface area contributed by atoms with E-state index in [1.807, 2.05) is 6.92 Å². The number of hydrogen-bond donors (Lipinski definition) is 0. The van der Waals surface area contributed by atoms with Crippen molar-refractivity contribution >= 4 is 5.97 Å². The molecule has 1 unspecified atom stereocenters. The van der Waals surface area contributed by atoms with E-state index in [0.717, 1.165) is 19.4 Å². The van der Waals surface area contributed by atoms with E-state index in [2.05, 4.69) is 4.90 Å². The molecule has 1 fully saturated rings. The number of carbonyl (C=O) groups is 1. The minimum atomic E-state index is -0.321. The lowest BCUT2D eigenvalue weighted by Gasteiger charge is -2.31. The minimum absolute atomic E-state index is 0.104. The van der Waals surface area contributed by atoms with Crippen LogP contribution in [0.5, 0.6) is 5.75 Å². The molecule has 116 valence electrons. The Balaban J connectivity index is 2.01. The number of benzene rings is 1. The highest BCUT2D eigenvalue weighted by molar-refractivity contribution is 5.72. The van der Waals surface area contributed by atoms with Gasteiger partial charge in [-0.3, -0.25) is 9.69 Å². The second-order valence-electron chi connectivity index (χ2n) is 5.26. The van der Waals surface area contributed by atoms with E-state index in [9.17, 15) is 9.18 Å². The first-order valence-corrected chi connectivity index (χ1v) is 7.36. The third kappa shape index (κ3) is 3.94. The number of carbonyl (C=O) groups excluding carboxylic acids is 1. The van der Waals surface area contributed by atoms with Crippen LogP contribution in [0.25, 0.3) is 0 Å². The van der Waals surface area contributed by atoms with Gasteiger partial charge in [0.25, 0.3) is 0 Å². The second kappa shape index (κ2) is 7.41. The highest BCUT2D eigenvalue weighted by atomic mass is 19.1. The zero-order valence-corrected chi connectivity index (χ0v) is 12.6. The van der Waals surface area contributed by atoms with Crippen LogP contribution in [0.3, 0.4) is 0 Å². The van der Waals surface area contributed by atoms with E-state index in [1.165, 1.54) is 7.11 Å². The molecule has 0 saturated carbocycles. The summed E-state index contributed by atoms with van der Waals surface area (Å²) in [6.07, 6.45) is 1.77. The molecule has 1 heterocycles. The van der Waals surface area contributed by atoms with Gasteiger partial charge < -0.3 is 9.47 Å². The topological polar surface area (TPSA) is 38.8 Å². The lowest BCUT2D eigenvalue weighted by Crippen LogP contribution is -2.39. The maximum atomic E-state index is 14.2.